The van der Waals surface area contributed by atoms with Crippen molar-refractivity contribution in [2.45, 2.75) is 58.2 Å². The first-order chi connectivity index (χ1) is 8.58. The van der Waals surface area contributed by atoms with Gasteiger partial charge in [0, 0.05) is 18.6 Å². The molecule has 18 heavy (non-hydrogen) atoms. The fraction of sp³-hybridized carbons (Fsp3) is 0.625. The number of benzene rings is 1. The quantitative estimate of drug-likeness (QED) is 0.867. The van der Waals surface area contributed by atoms with E-state index in [9.17, 15) is 0 Å². The van der Waals surface area contributed by atoms with Crippen LogP contribution in [0.2, 0.25) is 0 Å². The van der Waals surface area contributed by atoms with Crippen LogP contribution in [-0.2, 0) is 0 Å². The summed E-state index contributed by atoms with van der Waals surface area (Å²) < 4.78 is 0. The summed E-state index contributed by atoms with van der Waals surface area (Å²) in [6.45, 7) is 7.84. The molecule has 0 amide bonds. The second kappa shape index (κ2) is 4.36. The Morgan fingerprint density at radius 1 is 1.06 bits per heavy atom. The highest BCUT2D eigenvalue weighted by molar-refractivity contribution is 5.41. The zero-order chi connectivity index (χ0) is 12.9. The Morgan fingerprint density at radius 3 is 2.22 bits per heavy atom. The molecular formula is C16H24N2. The minimum Gasteiger partial charge on any atom is -0.326 e. The smallest absolute Gasteiger partial charge is 0.0507 e. The average Bonchev–Trinajstić information content (AvgIpc) is 3.04. The molecule has 1 aromatic carbocycles. The monoisotopic (exact) mass is 244 g/mol. The van der Waals surface area contributed by atoms with Crippen molar-refractivity contribution in [3.8, 4) is 0 Å². The molecule has 2 fully saturated rings. The van der Waals surface area contributed by atoms with Crippen molar-refractivity contribution in [2.24, 2.45) is 5.73 Å². The van der Waals surface area contributed by atoms with Crippen LogP contribution in [0.5, 0.6) is 0 Å². The molecular weight excluding hydrogens is 220 g/mol. The van der Waals surface area contributed by atoms with Crippen LogP contribution in [0, 0.1) is 20.8 Å². The van der Waals surface area contributed by atoms with E-state index in [1.807, 2.05) is 0 Å². The first-order valence-corrected chi connectivity index (χ1v) is 7.17. The van der Waals surface area contributed by atoms with Gasteiger partial charge in [-0.15, -0.1) is 0 Å². The predicted molar refractivity (Wildman–Crippen MR) is 75.7 cm³/mol. The zero-order valence-corrected chi connectivity index (χ0v) is 11.7. The van der Waals surface area contributed by atoms with E-state index in [1.165, 1.54) is 41.6 Å². The van der Waals surface area contributed by atoms with Crippen molar-refractivity contribution in [1.29, 1.82) is 0 Å². The van der Waals surface area contributed by atoms with Crippen molar-refractivity contribution in [1.82, 2.24) is 4.90 Å². The van der Waals surface area contributed by atoms with Gasteiger partial charge < -0.3 is 5.73 Å². The lowest BCUT2D eigenvalue weighted by molar-refractivity contribution is 0.236. The van der Waals surface area contributed by atoms with Crippen molar-refractivity contribution in [2.75, 3.05) is 6.54 Å². The molecule has 1 aromatic rings. The second-order valence-electron chi connectivity index (χ2n) is 6.18. The van der Waals surface area contributed by atoms with E-state index < -0.39 is 0 Å². The maximum atomic E-state index is 6.40. The van der Waals surface area contributed by atoms with Crippen molar-refractivity contribution >= 4 is 0 Å². The highest BCUT2D eigenvalue weighted by Gasteiger charge is 2.42. The van der Waals surface area contributed by atoms with E-state index in [4.69, 9.17) is 5.73 Å². The number of hydrogen-bond donors (Lipinski definition) is 1. The molecule has 0 spiro atoms. The Hall–Kier alpha value is -0.860. The first-order valence-electron chi connectivity index (χ1n) is 7.17. The fourth-order valence-electron chi connectivity index (χ4n) is 3.69. The van der Waals surface area contributed by atoms with Gasteiger partial charge in [-0.05, 0) is 56.7 Å². The van der Waals surface area contributed by atoms with E-state index in [0.29, 0.717) is 12.1 Å². The molecule has 1 saturated heterocycles. The Balaban J connectivity index is 2.01. The molecule has 2 heteroatoms. The van der Waals surface area contributed by atoms with Gasteiger partial charge in [-0.2, -0.15) is 0 Å². The van der Waals surface area contributed by atoms with Crippen LogP contribution in [0.4, 0.5) is 0 Å². The van der Waals surface area contributed by atoms with Crippen LogP contribution in [0.25, 0.3) is 0 Å². The van der Waals surface area contributed by atoms with Crippen LogP contribution in [0.1, 0.15) is 47.6 Å². The van der Waals surface area contributed by atoms with E-state index in [0.717, 1.165) is 12.5 Å². The molecule has 2 N–H and O–H groups in total. The zero-order valence-electron chi connectivity index (χ0n) is 11.7. The standard InChI is InChI=1S/C16H24N2/c1-10-8-11(2)15(12(3)9-10)16-14(17)6-7-18(16)13-4-5-13/h8-9,13-14,16H,4-7,17H2,1-3H3. The molecule has 2 atom stereocenters. The molecule has 1 aliphatic carbocycles. The molecule has 98 valence electrons. The van der Waals surface area contributed by atoms with Crippen LogP contribution < -0.4 is 5.73 Å². The maximum absolute atomic E-state index is 6.40. The Labute approximate surface area is 110 Å². The summed E-state index contributed by atoms with van der Waals surface area (Å²) in [5.41, 5.74) is 12.1. The van der Waals surface area contributed by atoms with E-state index in [1.54, 1.807) is 0 Å². The van der Waals surface area contributed by atoms with Gasteiger partial charge >= 0.3 is 0 Å². The molecule has 1 heterocycles. The largest absolute Gasteiger partial charge is 0.326 e. The number of hydrogen-bond acceptors (Lipinski definition) is 2. The lowest BCUT2D eigenvalue weighted by Gasteiger charge is -2.30. The van der Waals surface area contributed by atoms with Gasteiger partial charge in [-0.3, -0.25) is 4.90 Å². The minimum atomic E-state index is 0.311. The molecule has 2 unspecified atom stereocenters. The van der Waals surface area contributed by atoms with Gasteiger partial charge in [0.2, 0.25) is 0 Å². The fourth-order valence-corrected chi connectivity index (χ4v) is 3.69. The summed E-state index contributed by atoms with van der Waals surface area (Å²) in [5.74, 6) is 0. The summed E-state index contributed by atoms with van der Waals surface area (Å²) in [6.07, 6.45) is 3.88. The van der Waals surface area contributed by atoms with Gasteiger partial charge in [-0.1, -0.05) is 17.7 Å². The normalized spacial score (nSPS) is 28.9. The average molecular weight is 244 g/mol. The van der Waals surface area contributed by atoms with Crippen LogP contribution in [0.15, 0.2) is 12.1 Å². The van der Waals surface area contributed by atoms with Crippen molar-refractivity contribution < 1.29 is 0 Å². The van der Waals surface area contributed by atoms with Crippen molar-refractivity contribution in [3.63, 3.8) is 0 Å². The molecule has 1 saturated carbocycles. The topological polar surface area (TPSA) is 29.3 Å². The van der Waals surface area contributed by atoms with E-state index >= 15 is 0 Å². The number of likely N-dealkylation sites (tertiary alicyclic amines) is 1. The van der Waals surface area contributed by atoms with Gasteiger partial charge in [0.15, 0.2) is 0 Å². The number of nitrogens with two attached hydrogens (primary N) is 1. The van der Waals surface area contributed by atoms with E-state index in [2.05, 4.69) is 37.8 Å². The third-order valence-electron chi connectivity index (χ3n) is 4.53. The van der Waals surface area contributed by atoms with Crippen LogP contribution >= 0.6 is 0 Å². The van der Waals surface area contributed by atoms with Crippen LogP contribution in [-0.4, -0.2) is 23.5 Å². The van der Waals surface area contributed by atoms with E-state index in [-0.39, 0.29) is 0 Å². The number of nitrogens with zero attached hydrogens (tertiary/aromatic N) is 1. The lowest BCUT2D eigenvalue weighted by atomic mass is 9.90. The summed E-state index contributed by atoms with van der Waals surface area (Å²) in [5, 5.41) is 0. The Bertz CT molecular complexity index is 439. The molecule has 0 aromatic heterocycles. The minimum absolute atomic E-state index is 0.311. The first kappa shape index (κ1) is 12.2. The molecule has 2 aliphatic rings. The third kappa shape index (κ3) is 1.98. The maximum Gasteiger partial charge on any atom is 0.0507 e. The van der Waals surface area contributed by atoms with Crippen LogP contribution in [0.3, 0.4) is 0 Å². The van der Waals surface area contributed by atoms with Crippen molar-refractivity contribution in [3.05, 3.63) is 34.4 Å². The third-order valence-corrected chi connectivity index (χ3v) is 4.53. The summed E-state index contributed by atoms with van der Waals surface area (Å²) in [6, 6.07) is 6.18. The molecule has 0 bridgehead atoms. The molecule has 1 aliphatic heterocycles. The summed E-state index contributed by atoms with van der Waals surface area (Å²) in [4.78, 5) is 2.66. The second-order valence-corrected chi connectivity index (χ2v) is 6.18. The SMILES string of the molecule is Cc1cc(C)c(C2C(N)CCN2C2CC2)c(C)c1. The molecule has 3 rings (SSSR count). The highest BCUT2D eigenvalue weighted by atomic mass is 15.2. The number of rotatable bonds is 2. The lowest BCUT2D eigenvalue weighted by Crippen LogP contribution is -2.34. The highest BCUT2D eigenvalue weighted by Crippen LogP contribution is 2.42. The van der Waals surface area contributed by atoms with Gasteiger partial charge in [0.1, 0.15) is 0 Å². The molecule has 2 nitrogen and oxygen atoms in total. The Morgan fingerprint density at radius 2 is 1.67 bits per heavy atom. The molecule has 0 radical (unpaired) electrons. The summed E-state index contributed by atoms with van der Waals surface area (Å²) >= 11 is 0. The Kier molecular flexibility index (Phi) is 2.95. The summed E-state index contributed by atoms with van der Waals surface area (Å²) in [7, 11) is 0. The van der Waals surface area contributed by atoms with Gasteiger partial charge in [-0.25, -0.2) is 0 Å². The predicted octanol–water partition coefficient (Wildman–Crippen LogP) is 2.85. The van der Waals surface area contributed by atoms with Gasteiger partial charge in [0.05, 0.1) is 6.04 Å². The number of aryl methyl sites for hydroxylation is 3. The van der Waals surface area contributed by atoms with Gasteiger partial charge in [0.25, 0.3) is 0 Å².